The Morgan fingerprint density at radius 1 is 1.08 bits per heavy atom. The number of aryl methyl sites for hydroxylation is 3. The van der Waals surface area contributed by atoms with E-state index in [0.29, 0.717) is 5.56 Å². The van der Waals surface area contributed by atoms with Crippen molar-refractivity contribution in [2.45, 2.75) is 40.7 Å². The molecule has 3 N–H and O–H groups in total. The van der Waals surface area contributed by atoms with Crippen molar-refractivity contribution in [2.75, 3.05) is 18.5 Å². The molecule has 0 radical (unpaired) electrons. The van der Waals surface area contributed by atoms with Crippen LogP contribution in [0.5, 0.6) is 0 Å². The number of carbonyl (C=O) groups is 1. The maximum Gasteiger partial charge on any atom is 0.251 e. The second-order valence-corrected chi connectivity index (χ2v) is 6.62. The molecule has 2 rings (SSSR count). The van der Waals surface area contributed by atoms with Gasteiger partial charge < -0.3 is 15.7 Å². The van der Waals surface area contributed by atoms with Crippen LogP contribution >= 0.6 is 0 Å². The summed E-state index contributed by atoms with van der Waals surface area (Å²) in [6.07, 6.45) is 0. The molecule has 0 saturated heterocycles. The Balaban J connectivity index is 2.26. The van der Waals surface area contributed by atoms with Gasteiger partial charge in [-0.25, -0.2) is 0 Å². The zero-order valence-electron chi connectivity index (χ0n) is 15.7. The number of anilines is 1. The summed E-state index contributed by atoms with van der Waals surface area (Å²) in [7, 11) is 0. The molecule has 0 saturated carbocycles. The summed E-state index contributed by atoms with van der Waals surface area (Å²) >= 11 is 0. The molecule has 2 aromatic carbocycles. The summed E-state index contributed by atoms with van der Waals surface area (Å²) in [4.78, 5) is 12.2. The lowest BCUT2D eigenvalue weighted by atomic mass is 9.96. The Kier molecular flexibility index (Phi) is 6.21. The fourth-order valence-electron chi connectivity index (χ4n) is 3.06. The van der Waals surface area contributed by atoms with Crippen molar-refractivity contribution in [3.8, 4) is 0 Å². The first-order valence-electron chi connectivity index (χ1n) is 8.68. The third-order valence-corrected chi connectivity index (χ3v) is 4.70. The van der Waals surface area contributed by atoms with Crippen molar-refractivity contribution < 1.29 is 9.90 Å². The van der Waals surface area contributed by atoms with Crippen molar-refractivity contribution in [1.82, 2.24) is 5.32 Å². The third-order valence-electron chi connectivity index (χ3n) is 4.70. The van der Waals surface area contributed by atoms with Crippen LogP contribution in [0.3, 0.4) is 0 Å². The minimum Gasteiger partial charge on any atom is -0.395 e. The average molecular weight is 340 g/mol. The van der Waals surface area contributed by atoms with Gasteiger partial charge in [0.1, 0.15) is 0 Å². The Hall–Kier alpha value is -2.33. The van der Waals surface area contributed by atoms with Crippen molar-refractivity contribution >= 4 is 11.6 Å². The first kappa shape index (κ1) is 19.0. The molecule has 4 nitrogen and oxygen atoms in total. The quantitative estimate of drug-likeness (QED) is 0.749. The van der Waals surface area contributed by atoms with E-state index in [2.05, 4.69) is 50.5 Å². The van der Waals surface area contributed by atoms with Crippen LogP contribution in [0, 0.1) is 27.7 Å². The predicted molar refractivity (Wildman–Crippen MR) is 103 cm³/mol. The molecule has 1 unspecified atom stereocenters. The summed E-state index contributed by atoms with van der Waals surface area (Å²) in [5.74, 6) is -0.162. The van der Waals surface area contributed by atoms with Crippen LogP contribution < -0.4 is 10.6 Å². The van der Waals surface area contributed by atoms with Gasteiger partial charge in [0.2, 0.25) is 0 Å². The molecule has 4 heteroatoms. The number of amides is 1. The third kappa shape index (κ3) is 4.40. The molecule has 0 aliphatic rings. The topological polar surface area (TPSA) is 61.4 Å². The maximum absolute atomic E-state index is 12.2. The van der Waals surface area contributed by atoms with Crippen LogP contribution in [0.15, 0.2) is 30.3 Å². The highest BCUT2D eigenvalue weighted by Crippen LogP contribution is 2.27. The highest BCUT2D eigenvalue weighted by atomic mass is 16.3. The van der Waals surface area contributed by atoms with E-state index >= 15 is 0 Å². The predicted octanol–water partition coefficient (Wildman–Crippen LogP) is 3.82. The normalized spacial score (nSPS) is 11.9. The highest BCUT2D eigenvalue weighted by Gasteiger charge is 2.15. The van der Waals surface area contributed by atoms with Crippen molar-refractivity contribution in [3.05, 3.63) is 63.7 Å². The number of rotatable bonds is 6. The maximum atomic E-state index is 12.2. The number of nitrogens with one attached hydrogen (secondary N) is 2. The minimum absolute atomic E-state index is 0.0637. The monoisotopic (exact) mass is 340 g/mol. The second-order valence-electron chi connectivity index (χ2n) is 6.62. The smallest absolute Gasteiger partial charge is 0.251 e. The molecule has 0 spiro atoms. The lowest BCUT2D eigenvalue weighted by Gasteiger charge is -2.21. The highest BCUT2D eigenvalue weighted by molar-refractivity contribution is 5.97. The van der Waals surface area contributed by atoms with E-state index in [-0.39, 0.29) is 25.1 Å². The van der Waals surface area contributed by atoms with E-state index in [9.17, 15) is 4.79 Å². The van der Waals surface area contributed by atoms with E-state index in [1.54, 1.807) is 6.07 Å². The number of hydrogen-bond donors (Lipinski definition) is 3. The second kappa shape index (κ2) is 8.17. The molecule has 134 valence electrons. The van der Waals surface area contributed by atoms with Crippen molar-refractivity contribution in [3.63, 3.8) is 0 Å². The number of hydrogen-bond acceptors (Lipinski definition) is 3. The van der Waals surface area contributed by atoms with Gasteiger partial charge >= 0.3 is 0 Å². The molecule has 0 heterocycles. The van der Waals surface area contributed by atoms with Gasteiger partial charge in [0.15, 0.2) is 0 Å². The number of carbonyl (C=O) groups excluding carboxylic acids is 1. The first-order valence-corrected chi connectivity index (χ1v) is 8.68. The van der Waals surface area contributed by atoms with Gasteiger partial charge in [0, 0.05) is 23.8 Å². The lowest BCUT2D eigenvalue weighted by molar-refractivity contribution is 0.0944. The molecule has 0 aliphatic carbocycles. The molecule has 1 amide bonds. The van der Waals surface area contributed by atoms with E-state index in [1.807, 2.05) is 19.1 Å². The lowest BCUT2D eigenvalue weighted by Crippen LogP contribution is -2.27. The average Bonchev–Trinajstić information content (AvgIpc) is 2.57. The van der Waals surface area contributed by atoms with Crippen molar-refractivity contribution in [1.29, 1.82) is 0 Å². The van der Waals surface area contributed by atoms with Crippen LogP contribution in [0.4, 0.5) is 5.69 Å². The van der Waals surface area contributed by atoms with Gasteiger partial charge in [0.05, 0.1) is 6.61 Å². The SMILES string of the molecule is Cc1cc(C)c(C(C)Nc2cccc(C(=O)NCCO)c2C)cc1C. The van der Waals surface area contributed by atoms with Crippen LogP contribution in [0.25, 0.3) is 0 Å². The van der Waals surface area contributed by atoms with Gasteiger partial charge in [-0.15, -0.1) is 0 Å². The number of aliphatic hydroxyl groups is 1. The Morgan fingerprint density at radius 3 is 2.44 bits per heavy atom. The van der Waals surface area contributed by atoms with Gasteiger partial charge in [-0.3, -0.25) is 4.79 Å². The molecule has 0 fully saturated rings. The summed E-state index contributed by atoms with van der Waals surface area (Å²) in [6, 6.07) is 10.3. The molecule has 1 atom stereocenters. The molecule has 25 heavy (non-hydrogen) atoms. The van der Waals surface area contributed by atoms with Gasteiger partial charge in [-0.05, 0) is 74.6 Å². The number of benzene rings is 2. The van der Waals surface area contributed by atoms with E-state index in [1.165, 1.54) is 22.3 Å². The molecular formula is C21H28N2O2. The van der Waals surface area contributed by atoms with Gasteiger partial charge in [-0.2, -0.15) is 0 Å². The standard InChI is InChI=1S/C21H28N2O2/c1-13-11-15(3)19(12-14(13)2)17(5)23-20-8-6-7-18(16(20)4)21(25)22-9-10-24/h6-8,11-12,17,23-24H,9-10H2,1-5H3,(H,22,25). The van der Waals surface area contributed by atoms with Gasteiger partial charge in [-0.1, -0.05) is 18.2 Å². The van der Waals surface area contributed by atoms with Crippen molar-refractivity contribution in [2.24, 2.45) is 0 Å². The molecule has 0 aromatic heterocycles. The molecule has 2 aromatic rings. The summed E-state index contributed by atoms with van der Waals surface area (Å²) in [6.45, 7) is 10.7. The zero-order valence-corrected chi connectivity index (χ0v) is 15.7. The van der Waals surface area contributed by atoms with Crippen LogP contribution in [0.1, 0.15) is 51.1 Å². The first-order chi connectivity index (χ1) is 11.8. The van der Waals surface area contributed by atoms with Crippen LogP contribution in [-0.4, -0.2) is 24.2 Å². The Labute approximate surface area is 150 Å². The zero-order chi connectivity index (χ0) is 18.6. The fourth-order valence-corrected chi connectivity index (χ4v) is 3.06. The van der Waals surface area contributed by atoms with Crippen LogP contribution in [-0.2, 0) is 0 Å². The number of aliphatic hydroxyl groups excluding tert-OH is 1. The van der Waals surface area contributed by atoms with Crippen LogP contribution in [0.2, 0.25) is 0 Å². The molecule has 0 bridgehead atoms. The van der Waals surface area contributed by atoms with Gasteiger partial charge in [0.25, 0.3) is 5.91 Å². The Morgan fingerprint density at radius 2 is 1.76 bits per heavy atom. The summed E-state index contributed by atoms with van der Waals surface area (Å²) in [5, 5.41) is 15.1. The van der Waals surface area contributed by atoms with E-state index in [4.69, 9.17) is 5.11 Å². The Bertz CT molecular complexity index is 769. The molecule has 0 aliphatic heterocycles. The van der Waals surface area contributed by atoms with E-state index in [0.717, 1.165) is 11.3 Å². The fraction of sp³-hybridized carbons (Fsp3) is 0.381. The summed E-state index contributed by atoms with van der Waals surface area (Å²) < 4.78 is 0. The minimum atomic E-state index is -0.162. The summed E-state index contributed by atoms with van der Waals surface area (Å²) in [5.41, 5.74) is 7.58. The largest absolute Gasteiger partial charge is 0.395 e. The molecular weight excluding hydrogens is 312 g/mol. The van der Waals surface area contributed by atoms with E-state index < -0.39 is 0 Å².